The molecule has 0 radical (unpaired) electrons. The minimum absolute atomic E-state index is 0.534. The monoisotopic (exact) mass is 240 g/mol. The first-order valence-corrected chi connectivity index (χ1v) is 7.62. The van der Waals surface area contributed by atoms with Crippen molar-refractivity contribution in [3.05, 3.63) is 0 Å². The van der Waals surface area contributed by atoms with Crippen molar-refractivity contribution in [3.8, 4) is 0 Å². The molecule has 3 atom stereocenters. The largest absolute Gasteiger partial charge is 0.362 e. The zero-order valence-electron chi connectivity index (χ0n) is 10.7. The molecule has 16 heavy (non-hydrogen) atoms. The molecule has 1 saturated carbocycles. The second-order valence-electron chi connectivity index (χ2n) is 5.53. The second-order valence-corrected chi connectivity index (χ2v) is 6.54. The lowest BCUT2D eigenvalue weighted by molar-refractivity contribution is 0.335. The number of hydrogen-bond donors (Lipinski definition) is 1. The van der Waals surface area contributed by atoms with Gasteiger partial charge >= 0.3 is 0 Å². The van der Waals surface area contributed by atoms with Crippen molar-refractivity contribution in [3.63, 3.8) is 0 Å². The van der Waals surface area contributed by atoms with Crippen molar-refractivity contribution < 1.29 is 0 Å². The fourth-order valence-corrected chi connectivity index (χ4v) is 3.61. The summed E-state index contributed by atoms with van der Waals surface area (Å²) in [6.07, 6.45) is 5.51. The van der Waals surface area contributed by atoms with Gasteiger partial charge in [0.1, 0.15) is 0 Å². The molecule has 0 spiro atoms. The number of thioether (sulfide) groups is 1. The molecule has 1 aliphatic heterocycles. The Hall–Kier alpha value is -0.180. The number of hydrogen-bond acceptors (Lipinski definition) is 3. The predicted molar refractivity (Wildman–Crippen MR) is 73.1 cm³/mol. The lowest BCUT2D eigenvalue weighted by Gasteiger charge is -2.33. The van der Waals surface area contributed by atoms with Gasteiger partial charge in [0.2, 0.25) is 0 Å². The molecule has 2 nitrogen and oxygen atoms in total. The highest BCUT2D eigenvalue weighted by molar-refractivity contribution is 8.13. The highest BCUT2D eigenvalue weighted by Crippen LogP contribution is 2.33. The molecule has 3 heteroatoms. The molecule has 0 bridgehead atoms. The van der Waals surface area contributed by atoms with Gasteiger partial charge in [-0.3, -0.25) is 4.99 Å². The third-order valence-corrected chi connectivity index (χ3v) is 5.03. The van der Waals surface area contributed by atoms with E-state index < -0.39 is 0 Å². The van der Waals surface area contributed by atoms with E-state index >= 15 is 0 Å². The average molecular weight is 240 g/mol. The SMILES string of the molecule is CC(C)C(C)NC1=NC2CCCCC2CS1. The van der Waals surface area contributed by atoms with Gasteiger partial charge in [0, 0.05) is 11.8 Å². The smallest absolute Gasteiger partial charge is 0.157 e. The number of nitrogens with zero attached hydrogens (tertiary/aromatic N) is 1. The Morgan fingerprint density at radius 2 is 2.00 bits per heavy atom. The molecule has 0 aromatic rings. The first-order valence-electron chi connectivity index (χ1n) is 6.64. The van der Waals surface area contributed by atoms with Gasteiger partial charge in [-0.25, -0.2) is 0 Å². The molecule has 0 aromatic carbocycles. The van der Waals surface area contributed by atoms with E-state index in [1.807, 2.05) is 11.8 Å². The molecule has 2 rings (SSSR count). The molecule has 1 heterocycles. The Bertz CT molecular complexity index is 263. The van der Waals surface area contributed by atoms with E-state index in [1.165, 1.54) is 36.6 Å². The van der Waals surface area contributed by atoms with Gasteiger partial charge in [-0.15, -0.1) is 0 Å². The van der Waals surface area contributed by atoms with Crippen LogP contribution in [0.2, 0.25) is 0 Å². The van der Waals surface area contributed by atoms with Crippen LogP contribution < -0.4 is 5.32 Å². The van der Waals surface area contributed by atoms with Crippen LogP contribution in [0.15, 0.2) is 4.99 Å². The minimum atomic E-state index is 0.534. The fourth-order valence-electron chi connectivity index (χ4n) is 2.37. The molecular weight excluding hydrogens is 216 g/mol. The van der Waals surface area contributed by atoms with Crippen LogP contribution in [0, 0.1) is 11.8 Å². The summed E-state index contributed by atoms with van der Waals surface area (Å²) in [5, 5.41) is 4.76. The van der Waals surface area contributed by atoms with Crippen LogP contribution in [-0.4, -0.2) is 23.0 Å². The van der Waals surface area contributed by atoms with Crippen LogP contribution in [0.5, 0.6) is 0 Å². The van der Waals surface area contributed by atoms with Crippen molar-refractivity contribution in [2.24, 2.45) is 16.8 Å². The zero-order valence-corrected chi connectivity index (χ0v) is 11.5. The summed E-state index contributed by atoms with van der Waals surface area (Å²) in [5.41, 5.74) is 0. The second kappa shape index (κ2) is 5.44. The standard InChI is InChI=1S/C13H24N2S/c1-9(2)10(3)14-13-15-12-7-5-4-6-11(12)8-16-13/h9-12H,4-8H2,1-3H3,(H,14,15). The number of aliphatic imine (C=N–C) groups is 1. The Morgan fingerprint density at radius 3 is 2.75 bits per heavy atom. The van der Waals surface area contributed by atoms with Crippen molar-refractivity contribution >= 4 is 16.9 Å². The maximum Gasteiger partial charge on any atom is 0.157 e. The first kappa shape index (κ1) is 12.3. The van der Waals surface area contributed by atoms with Crippen LogP contribution in [0.4, 0.5) is 0 Å². The molecule has 2 aliphatic rings. The van der Waals surface area contributed by atoms with Crippen molar-refractivity contribution in [2.45, 2.75) is 58.5 Å². The summed E-state index contributed by atoms with van der Waals surface area (Å²) in [4.78, 5) is 4.89. The Labute approximate surface area is 104 Å². The minimum Gasteiger partial charge on any atom is -0.362 e. The molecular formula is C13H24N2S. The van der Waals surface area contributed by atoms with E-state index in [0.717, 1.165) is 5.92 Å². The van der Waals surface area contributed by atoms with Crippen LogP contribution >= 0.6 is 11.8 Å². The lowest BCUT2D eigenvalue weighted by Crippen LogP contribution is -2.39. The van der Waals surface area contributed by atoms with Gasteiger partial charge in [0.15, 0.2) is 5.17 Å². The number of fused-ring (bicyclic) bond motifs is 1. The first-order chi connectivity index (χ1) is 7.66. The Morgan fingerprint density at radius 1 is 1.25 bits per heavy atom. The summed E-state index contributed by atoms with van der Waals surface area (Å²) in [6.45, 7) is 6.77. The van der Waals surface area contributed by atoms with E-state index in [-0.39, 0.29) is 0 Å². The summed E-state index contributed by atoms with van der Waals surface area (Å²) >= 11 is 1.93. The molecule has 0 amide bonds. The van der Waals surface area contributed by atoms with Gasteiger partial charge < -0.3 is 5.32 Å². The highest BCUT2D eigenvalue weighted by Gasteiger charge is 2.29. The van der Waals surface area contributed by atoms with Crippen LogP contribution in [0.25, 0.3) is 0 Å². The zero-order chi connectivity index (χ0) is 11.5. The molecule has 1 fully saturated rings. The predicted octanol–water partition coefficient (Wildman–Crippen LogP) is 3.28. The molecule has 1 N–H and O–H groups in total. The molecule has 92 valence electrons. The third kappa shape index (κ3) is 2.93. The Kier molecular flexibility index (Phi) is 4.17. The van der Waals surface area contributed by atoms with Gasteiger partial charge in [0.05, 0.1) is 6.04 Å². The third-order valence-electron chi connectivity index (χ3n) is 3.94. The maximum atomic E-state index is 4.89. The van der Waals surface area contributed by atoms with E-state index in [1.54, 1.807) is 0 Å². The van der Waals surface area contributed by atoms with Crippen molar-refractivity contribution in [1.82, 2.24) is 5.32 Å². The number of rotatable bonds is 2. The van der Waals surface area contributed by atoms with E-state index in [4.69, 9.17) is 4.99 Å². The normalized spacial score (nSPS) is 31.9. The van der Waals surface area contributed by atoms with Crippen molar-refractivity contribution in [1.29, 1.82) is 0 Å². The number of amidine groups is 1. The fraction of sp³-hybridized carbons (Fsp3) is 0.923. The average Bonchev–Trinajstić information content (AvgIpc) is 2.28. The summed E-state index contributed by atoms with van der Waals surface area (Å²) in [6, 6.07) is 1.16. The van der Waals surface area contributed by atoms with Gasteiger partial charge in [0.25, 0.3) is 0 Å². The van der Waals surface area contributed by atoms with Crippen LogP contribution in [-0.2, 0) is 0 Å². The van der Waals surface area contributed by atoms with Crippen LogP contribution in [0.3, 0.4) is 0 Å². The molecule has 1 aliphatic carbocycles. The summed E-state index contributed by atoms with van der Waals surface area (Å²) in [7, 11) is 0. The molecule has 0 aromatic heterocycles. The van der Waals surface area contributed by atoms with Crippen LogP contribution in [0.1, 0.15) is 46.5 Å². The lowest BCUT2D eigenvalue weighted by atomic mass is 9.86. The molecule has 0 saturated heterocycles. The molecule has 3 unspecified atom stereocenters. The number of nitrogens with one attached hydrogen (secondary N) is 1. The highest BCUT2D eigenvalue weighted by atomic mass is 32.2. The van der Waals surface area contributed by atoms with Gasteiger partial charge in [-0.05, 0) is 31.6 Å². The quantitative estimate of drug-likeness (QED) is 0.801. The summed E-state index contributed by atoms with van der Waals surface area (Å²) in [5.74, 6) is 2.81. The van der Waals surface area contributed by atoms with E-state index in [2.05, 4.69) is 26.1 Å². The van der Waals surface area contributed by atoms with Crippen molar-refractivity contribution in [2.75, 3.05) is 5.75 Å². The topological polar surface area (TPSA) is 24.4 Å². The summed E-state index contributed by atoms with van der Waals surface area (Å²) < 4.78 is 0. The maximum absolute atomic E-state index is 4.89. The van der Waals surface area contributed by atoms with E-state index in [9.17, 15) is 0 Å². The Balaban J connectivity index is 1.93. The van der Waals surface area contributed by atoms with E-state index in [0.29, 0.717) is 18.0 Å². The van der Waals surface area contributed by atoms with Gasteiger partial charge in [-0.1, -0.05) is 38.5 Å². The van der Waals surface area contributed by atoms with Gasteiger partial charge in [-0.2, -0.15) is 0 Å².